The Morgan fingerprint density at radius 3 is 2.07 bits per heavy atom. The number of nitrogens with one attached hydrogen (secondary N) is 1. The van der Waals surface area contributed by atoms with Crippen LogP contribution in [-0.2, 0) is 29.0 Å². The minimum Gasteiger partial charge on any atom is -0.357 e. The Balaban J connectivity index is 2.09. The van der Waals surface area contributed by atoms with Crippen LogP contribution in [0.25, 0.3) is 0 Å². The van der Waals surface area contributed by atoms with Gasteiger partial charge in [0.1, 0.15) is 6.04 Å². The molecule has 0 fully saturated rings. The highest BCUT2D eigenvalue weighted by Gasteiger charge is 2.25. The lowest BCUT2D eigenvalue weighted by Crippen LogP contribution is -2.46. The van der Waals surface area contributed by atoms with Crippen molar-refractivity contribution >= 4 is 11.8 Å². The molecule has 2 amide bonds. The lowest BCUT2D eigenvalue weighted by atomic mass is 10.0. The molecule has 0 saturated heterocycles. The Hall–Kier alpha value is -2.62. The predicted octanol–water partition coefficient (Wildman–Crippen LogP) is 3.65. The first-order chi connectivity index (χ1) is 12.9. The molecule has 2 rings (SSSR count). The van der Waals surface area contributed by atoms with E-state index in [1.54, 1.807) is 18.9 Å². The molecule has 0 aliphatic rings. The summed E-state index contributed by atoms with van der Waals surface area (Å²) in [5.74, 6) is -0.158. The Labute approximate surface area is 162 Å². The van der Waals surface area contributed by atoms with Gasteiger partial charge >= 0.3 is 0 Å². The molecular weight excluding hydrogens is 336 g/mol. The van der Waals surface area contributed by atoms with E-state index in [1.165, 1.54) is 11.1 Å². The van der Waals surface area contributed by atoms with Gasteiger partial charge in [-0.15, -0.1) is 0 Å². The fraction of sp³-hybridized carbons (Fsp3) is 0.391. The summed E-state index contributed by atoms with van der Waals surface area (Å²) in [5, 5.41) is 2.65. The Kier molecular flexibility index (Phi) is 7.59. The number of nitrogens with zero attached hydrogens (tertiary/aromatic N) is 1. The van der Waals surface area contributed by atoms with Gasteiger partial charge < -0.3 is 10.2 Å². The van der Waals surface area contributed by atoms with E-state index in [1.807, 2.05) is 31.2 Å². The molecule has 0 spiro atoms. The first-order valence-electron chi connectivity index (χ1n) is 9.59. The molecule has 0 bridgehead atoms. The first-order valence-corrected chi connectivity index (χ1v) is 9.59. The number of amides is 2. The predicted molar refractivity (Wildman–Crippen MR) is 109 cm³/mol. The zero-order valence-corrected chi connectivity index (χ0v) is 16.8. The third kappa shape index (κ3) is 5.95. The van der Waals surface area contributed by atoms with Crippen molar-refractivity contribution in [3.05, 3.63) is 70.8 Å². The average molecular weight is 367 g/mol. The maximum absolute atomic E-state index is 12.9. The van der Waals surface area contributed by atoms with Gasteiger partial charge in [-0.2, -0.15) is 0 Å². The smallest absolute Gasteiger partial charge is 0.242 e. The number of hydrogen-bond acceptors (Lipinski definition) is 2. The molecular formula is C23H30N2O2. The summed E-state index contributed by atoms with van der Waals surface area (Å²) in [7, 11) is 1.60. The number of rotatable bonds is 8. The molecule has 1 atom stereocenters. The van der Waals surface area contributed by atoms with Crippen molar-refractivity contribution in [2.75, 3.05) is 7.05 Å². The van der Waals surface area contributed by atoms with Crippen molar-refractivity contribution in [3.8, 4) is 0 Å². The second-order valence-corrected chi connectivity index (χ2v) is 6.97. The molecule has 2 aromatic carbocycles. The zero-order valence-electron chi connectivity index (χ0n) is 16.8. The van der Waals surface area contributed by atoms with E-state index >= 15 is 0 Å². The van der Waals surface area contributed by atoms with Gasteiger partial charge in [-0.05, 0) is 43.4 Å². The van der Waals surface area contributed by atoms with E-state index < -0.39 is 6.04 Å². The SMILES string of the molecule is CCc1ccc(CCC(=O)N(Cc2ccc(C)cc2)[C@H](C)C(=O)NC)cc1. The Bertz CT molecular complexity index is 751. The van der Waals surface area contributed by atoms with Gasteiger partial charge in [-0.25, -0.2) is 0 Å². The normalized spacial score (nSPS) is 11.7. The second kappa shape index (κ2) is 9.91. The monoisotopic (exact) mass is 366 g/mol. The van der Waals surface area contributed by atoms with E-state index in [0.717, 1.165) is 17.5 Å². The van der Waals surface area contributed by atoms with Gasteiger partial charge in [0.2, 0.25) is 11.8 Å². The largest absolute Gasteiger partial charge is 0.357 e. The van der Waals surface area contributed by atoms with Gasteiger partial charge in [-0.1, -0.05) is 61.0 Å². The lowest BCUT2D eigenvalue weighted by molar-refractivity contribution is -0.140. The number of likely N-dealkylation sites (N-methyl/N-ethyl adjacent to an activating group) is 1. The first kappa shape index (κ1) is 20.7. The van der Waals surface area contributed by atoms with Crippen LogP contribution in [0.5, 0.6) is 0 Å². The van der Waals surface area contributed by atoms with E-state index in [4.69, 9.17) is 0 Å². The molecule has 0 aliphatic heterocycles. The lowest BCUT2D eigenvalue weighted by Gasteiger charge is -2.28. The molecule has 0 radical (unpaired) electrons. The van der Waals surface area contributed by atoms with E-state index in [9.17, 15) is 9.59 Å². The maximum atomic E-state index is 12.9. The van der Waals surface area contributed by atoms with Gasteiger partial charge in [0.05, 0.1) is 0 Å². The van der Waals surface area contributed by atoms with Crippen molar-refractivity contribution in [2.24, 2.45) is 0 Å². The summed E-state index contributed by atoms with van der Waals surface area (Å²) < 4.78 is 0. The molecule has 0 unspecified atom stereocenters. The van der Waals surface area contributed by atoms with Gasteiger partial charge in [-0.3, -0.25) is 9.59 Å². The summed E-state index contributed by atoms with van der Waals surface area (Å²) in [6, 6.07) is 15.9. The van der Waals surface area contributed by atoms with E-state index in [0.29, 0.717) is 19.4 Å². The van der Waals surface area contributed by atoms with Crippen LogP contribution in [-0.4, -0.2) is 29.8 Å². The number of aryl methyl sites for hydroxylation is 3. The van der Waals surface area contributed by atoms with Crippen molar-refractivity contribution in [3.63, 3.8) is 0 Å². The highest BCUT2D eigenvalue weighted by molar-refractivity contribution is 5.87. The van der Waals surface area contributed by atoms with Crippen molar-refractivity contribution in [1.29, 1.82) is 0 Å². The third-order valence-electron chi connectivity index (χ3n) is 4.95. The maximum Gasteiger partial charge on any atom is 0.242 e. The highest BCUT2D eigenvalue weighted by Crippen LogP contribution is 2.14. The standard InChI is InChI=1S/C23H30N2O2/c1-5-19-10-12-20(13-11-19)14-15-22(26)25(18(3)23(27)24-4)16-21-8-6-17(2)7-9-21/h6-13,18H,5,14-16H2,1-4H3,(H,24,27)/t18-/m1/s1. The third-order valence-corrected chi connectivity index (χ3v) is 4.95. The second-order valence-electron chi connectivity index (χ2n) is 6.97. The van der Waals surface area contributed by atoms with Crippen molar-refractivity contribution in [2.45, 2.75) is 52.6 Å². The molecule has 0 aliphatic carbocycles. The molecule has 0 heterocycles. The summed E-state index contributed by atoms with van der Waals surface area (Å²) in [6.07, 6.45) is 2.07. The molecule has 4 nitrogen and oxygen atoms in total. The molecule has 27 heavy (non-hydrogen) atoms. The summed E-state index contributed by atoms with van der Waals surface area (Å²) in [4.78, 5) is 26.7. The number of carbonyl (C=O) groups is 2. The van der Waals surface area contributed by atoms with Crippen LogP contribution in [0.4, 0.5) is 0 Å². The van der Waals surface area contributed by atoms with Crippen LogP contribution in [0.1, 0.15) is 42.5 Å². The fourth-order valence-electron chi connectivity index (χ4n) is 3.02. The molecule has 144 valence electrons. The van der Waals surface area contributed by atoms with Crippen LogP contribution in [0.3, 0.4) is 0 Å². The van der Waals surface area contributed by atoms with Crippen LogP contribution >= 0.6 is 0 Å². The quantitative estimate of drug-likeness (QED) is 0.775. The van der Waals surface area contributed by atoms with Crippen LogP contribution in [0, 0.1) is 6.92 Å². The minimum atomic E-state index is -0.508. The molecule has 0 aromatic heterocycles. The molecule has 1 N–H and O–H groups in total. The van der Waals surface area contributed by atoms with Gasteiger partial charge in [0, 0.05) is 20.0 Å². The van der Waals surface area contributed by atoms with Crippen LogP contribution < -0.4 is 5.32 Å². The average Bonchev–Trinajstić information content (AvgIpc) is 2.70. The highest BCUT2D eigenvalue weighted by atomic mass is 16.2. The van der Waals surface area contributed by atoms with Crippen LogP contribution in [0.2, 0.25) is 0 Å². The zero-order chi connectivity index (χ0) is 19.8. The Morgan fingerprint density at radius 2 is 1.52 bits per heavy atom. The molecule has 4 heteroatoms. The summed E-state index contributed by atoms with van der Waals surface area (Å²) in [5.41, 5.74) is 4.63. The van der Waals surface area contributed by atoms with Crippen molar-refractivity contribution in [1.82, 2.24) is 10.2 Å². The van der Waals surface area contributed by atoms with Crippen molar-refractivity contribution < 1.29 is 9.59 Å². The molecule has 0 saturated carbocycles. The van der Waals surface area contributed by atoms with Crippen LogP contribution in [0.15, 0.2) is 48.5 Å². The Morgan fingerprint density at radius 1 is 0.963 bits per heavy atom. The summed E-state index contributed by atoms with van der Waals surface area (Å²) >= 11 is 0. The number of hydrogen-bond donors (Lipinski definition) is 1. The van der Waals surface area contributed by atoms with Gasteiger partial charge in [0.15, 0.2) is 0 Å². The summed E-state index contributed by atoms with van der Waals surface area (Å²) in [6.45, 7) is 6.37. The van der Waals surface area contributed by atoms with E-state index in [-0.39, 0.29) is 11.8 Å². The van der Waals surface area contributed by atoms with E-state index in [2.05, 4.69) is 36.5 Å². The number of benzene rings is 2. The topological polar surface area (TPSA) is 49.4 Å². The molecule has 2 aromatic rings. The fourth-order valence-corrected chi connectivity index (χ4v) is 3.02. The minimum absolute atomic E-state index is 0.00811. The van der Waals surface area contributed by atoms with Gasteiger partial charge in [0.25, 0.3) is 0 Å². The number of carbonyl (C=O) groups excluding carboxylic acids is 2.